The van der Waals surface area contributed by atoms with E-state index in [1.807, 2.05) is 25.1 Å². The summed E-state index contributed by atoms with van der Waals surface area (Å²) in [4.78, 5) is 11.6. The quantitative estimate of drug-likeness (QED) is 0.653. The van der Waals surface area contributed by atoms with Gasteiger partial charge in [-0.1, -0.05) is 30.3 Å². The normalized spacial score (nSPS) is 10.5. The zero-order chi connectivity index (χ0) is 15.1. The largest absolute Gasteiger partial charge is 0.507 e. The summed E-state index contributed by atoms with van der Waals surface area (Å²) >= 11 is 0. The minimum absolute atomic E-state index is 0.103. The molecule has 21 heavy (non-hydrogen) atoms. The fourth-order valence-corrected chi connectivity index (χ4v) is 1.66. The van der Waals surface area contributed by atoms with Crippen LogP contribution in [0.1, 0.15) is 11.1 Å². The van der Waals surface area contributed by atoms with E-state index in [4.69, 9.17) is 4.74 Å². The van der Waals surface area contributed by atoms with Crippen LogP contribution in [0.3, 0.4) is 0 Å². The van der Waals surface area contributed by atoms with E-state index in [1.165, 1.54) is 6.21 Å². The van der Waals surface area contributed by atoms with Gasteiger partial charge in [0, 0.05) is 5.56 Å². The van der Waals surface area contributed by atoms with Crippen LogP contribution in [0.4, 0.5) is 0 Å². The summed E-state index contributed by atoms with van der Waals surface area (Å²) in [6, 6.07) is 14.2. The Hall–Kier alpha value is -2.82. The number of carbonyl (C=O) groups is 1. The molecule has 0 radical (unpaired) electrons. The molecule has 2 rings (SSSR count). The minimum atomic E-state index is -0.370. The molecular formula is C16H16N2O3. The van der Waals surface area contributed by atoms with Gasteiger partial charge in [-0.25, -0.2) is 5.43 Å². The van der Waals surface area contributed by atoms with Crippen molar-refractivity contribution >= 4 is 12.1 Å². The molecule has 0 aromatic heterocycles. The second kappa shape index (κ2) is 7.09. The second-order valence-electron chi connectivity index (χ2n) is 4.41. The molecule has 2 aromatic carbocycles. The maximum absolute atomic E-state index is 11.6. The van der Waals surface area contributed by atoms with Gasteiger partial charge in [-0.15, -0.1) is 0 Å². The number of nitrogens with zero attached hydrogens (tertiary/aromatic N) is 1. The molecule has 0 bridgehead atoms. The standard InChI is InChI=1S/C16H16N2O3/c1-12-6-2-5-9-15(12)21-11-16(20)18-17-10-13-7-3-4-8-14(13)19/h2-10,19H,11H2,1H3,(H,18,20)/b17-10+. The van der Waals surface area contributed by atoms with E-state index >= 15 is 0 Å². The van der Waals surface area contributed by atoms with E-state index in [1.54, 1.807) is 30.3 Å². The molecule has 0 saturated heterocycles. The zero-order valence-corrected chi connectivity index (χ0v) is 11.6. The van der Waals surface area contributed by atoms with Crippen LogP contribution >= 0.6 is 0 Å². The monoisotopic (exact) mass is 284 g/mol. The maximum atomic E-state index is 11.6. The summed E-state index contributed by atoms with van der Waals surface area (Å²) in [6.45, 7) is 1.78. The summed E-state index contributed by atoms with van der Waals surface area (Å²) in [7, 11) is 0. The van der Waals surface area contributed by atoms with Gasteiger partial charge in [0.05, 0.1) is 6.21 Å². The Labute approximate surface area is 122 Å². The Bertz CT molecular complexity index is 653. The molecule has 2 N–H and O–H groups in total. The summed E-state index contributed by atoms with van der Waals surface area (Å²) in [5.74, 6) is 0.397. The van der Waals surface area contributed by atoms with Crippen molar-refractivity contribution < 1.29 is 14.6 Å². The van der Waals surface area contributed by atoms with E-state index in [2.05, 4.69) is 10.5 Å². The Kier molecular flexibility index (Phi) is 4.93. The Morgan fingerprint density at radius 3 is 2.71 bits per heavy atom. The van der Waals surface area contributed by atoms with Gasteiger partial charge in [0.1, 0.15) is 11.5 Å². The van der Waals surface area contributed by atoms with Crippen LogP contribution in [-0.4, -0.2) is 23.8 Å². The molecule has 0 spiro atoms. The number of hydrogen-bond donors (Lipinski definition) is 2. The Morgan fingerprint density at radius 1 is 1.24 bits per heavy atom. The van der Waals surface area contributed by atoms with Gasteiger partial charge < -0.3 is 9.84 Å². The molecule has 5 nitrogen and oxygen atoms in total. The van der Waals surface area contributed by atoms with Crippen molar-refractivity contribution in [3.8, 4) is 11.5 Å². The van der Waals surface area contributed by atoms with Gasteiger partial charge >= 0.3 is 0 Å². The highest BCUT2D eigenvalue weighted by atomic mass is 16.5. The van der Waals surface area contributed by atoms with E-state index in [9.17, 15) is 9.90 Å². The molecule has 0 heterocycles. The molecule has 0 aliphatic carbocycles. The van der Waals surface area contributed by atoms with Crippen LogP contribution in [0.2, 0.25) is 0 Å². The molecule has 2 aromatic rings. The van der Waals surface area contributed by atoms with Gasteiger partial charge in [-0.05, 0) is 30.7 Å². The predicted molar refractivity (Wildman–Crippen MR) is 80.5 cm³/mol. The van der Waals surface area contributed by atoms with E-state index in [-0.39, 0.29) is 18.3 Å². The number of nitrogens with one attached hydrogen (secondary N) is 1. The molecule has 0 saturated carbocycles. The molecular weight excluding hydrogens is 268 g/mol. The zero-order valence-electron chi connectivity index (χ0n) is 11.6. The topological polar surface area (TPSA) is 70.9 Å². The average Bonchev–Trinajstić information content (AvgIpc) is 2.48. The Balaban J connectivity index is 1.83. The summed E-state index contributed by atoms with van der Waals surface area (Å²) in [5, 5.41) is 13.3. The lowest BCUT2D eigenvalue weighted by molar-refractivity contribution is -0.123. The van der Waals surface area contributed by atoms with E-state index < -0.39 is 0 Å². The van der Waals surface area contributed by atoms with Crippen LogP contribution < -0.4 is 10.2 Å². The maximum Gasteiger partial charge on any atom is 0.277 e. The van der Waals surface area contributed by atoms with Crippen LogP contribution in [0.5, 0.6) is 11.5 Å². The first-order valence-electron chi connectivity index (χ1n) is 6.45. The van der Waals surface area contributed by atoms with Gasteiger partial charge in [0.15, 0.2) is 6.61 Å². The molecule has 1 amide bonds. The highest BCUT2D eigenvalue weighted by molar-refractivity contribution is 5.85. The molecule has 0 unspecified atom stereocenters. The van der Waals surface area contributed by atoms with Gasteiger partial charge in [0.25, 0.3) is 5.91 Å². The molecule has 5 heteroatoms. The van der Waals surface area contributed by atoms with Crippen LogP contribution in [0, 0.1) is 6.92 Å². The number of phenols is 1. The number of carbonyl (C=O) groups excluding carboxylic acids is 1. The minimum Gasteiger partial charge on any atom is -0.507 e. The lowest BCUT2D eigenvalue weighted by Crippen LogP contribution is -2.24. The van der Waals surface area contributed by atoms with Crippen molar-refractivity contribution in [2.75, 3.05) is 6.61 Å². The molecule has 0 aliphatic rings. The highest BCUT2D eigenvalue weighted by Crippen LogP contribution is 2.15. The number of para-hydroxylation sites is 2. The number of phenolic OH excluding ortho intramolecular Hbond substituents is 1. The molecule has 108 valence electrons. The van der Waals surface area contributed by atoms with Crippen LogP contribution in [-0.2, 0) is 4.79 Å². The number of ether oxygens (including phenoxy) is 1. The molecule has 0 atom stereocenters. The van der Waals surface area contributed by atoms with Crippen molar-refractivity contribution in [2.24, 2.45) is 5.10 Å². The second-order valence-corrected chi connectivity index (χ2v) is 4.41. The van der Waals surface area contributed by atoms with E-state index in [0.29, 0.717) is 11.3 Å². The number of amides is 1. The van der Waals surface area contributed by atoms with Crippen molar-refractivity contribution in [3.63, 3.8) is 0 Å². The Morgan fingerprint density at radius 2 is 1.95 bits per heavy atom. The first-order valence-corrected chi connectivity index (χ1v) is 6.45. The number of rotatable bonds is 5. The third-order valence-corrected chi connectivity index (χ3v) is 2.78. The van der Waals surface area contributed by atoms with E-state index in [0.717, 1.165) is 5.56 Å². The fraction of sp³-hybridized carbons (Fsp3) is 0.125. The summed E-state index contributed by atoms with van der Waals surface area (Å²) in [5.41, 5.74) is 3.83. The van der Waals surface area contributed by atoms with Crippen LogP contribution in [0.25, 0.3) is 0 Å². The third-order valence-electron chi connectivity index (χ3n) is 2.78. The lowest BCUT2D eigenvalue weighted by Gasteiger charge is -2.07. The fourth-order valence-electron chi connectivity index (χ4n) is 1.66. The number of hydrogen-bond acceptors (Lipinski definition) is 4. The molecule has 0 aliphatic heterocycles. The number of aromatic hydroxyl groups is 1. The third kappa shape index (κ3) is 4.35. The van der Waals surface area contributed by atoms with Crippen molar-refractivity contribution in [3.05, 3.63) is 59.7 Å². The highest BCUT2D eigenvalue weighted by Gasteiger charge is 2.03. The summed E-state index contributed by atoms with van der Waals surface area (Å²) < 4.78 is 5.39. The van der Waals surface area contributed by atoms with Crippen molar-refractivity contribution in [1.29, 1.82) is 0 Å². The van der Waals surface area contributed by atoms with Gasteiger partial charge in [-0.2, -0.15) is 5.10 Å². The van der Waals surface area contributed by atoms with Crippen molar-refractivity contribution in [1.82, 2.24) is 5.43 Å². The SMILES string of the molecule is Cc1ccccc1OCC(=O)N/N=C/c1ccccc1O. The van der Waals surface area contributed by atoms with Crippen LogP contribution in [0.15, 0.2) is 53.6 Å². The number of benzene rings is 2. The summed E-state index contributed by atoms with van der Waals surface area (Å²) in [6.07, 6.45) is 1.38. The predicted octanol–water partition coefficient (Wildman–Crippen LogP) is 2.23. The smallest absolute Gasteiger partial charge is 0.277 e. The molecule has 0 fully saturated rings. The first kappa shape index (κ1) is 14.6. The number of aryl methyl sites for hydroxylation is 1. The van der Waals surface area contributed by atoms with Crippen molar-refractivity contribution in [2.45, 2.75) is 6.92 Å². The van der Waals surface area contributed by atoms with Gasteiger partial charge in [0.2, 0.25) is 0 Å². The van der Waals surface area contributed by atoms with Gasteiger partial charge in [-0.3, -0.25) is 4.79 Å². The number of hydrazone groups is 1. The first-order chi connectivity index (χ1) is 10.2. The average molecular weight is 284 g/mol. The lowest BCUT2D eigenvalue weighted by atomic mass is 10.2.